The monoisotopic (exact) mass is 312 g/mol. The molecule has 3 nitrogen and oxygen atoms in total. The van der Waals surface area contributed by atoms with Gasteiger partial charge < -0.3 is 4.67 Å². The molecule has 20 heavy (non-hydrogen) atoms. The number of hydrogen-bond donors (Lipinski definition) is 1. The minimum absolute atomic E-state index is 0.684. The predicted octanol–water partition coefficient (Wildman–Crippen LogP) is 3.07. The molecule has 0 bridgehead atoms. The van der Waals surface area contributed by atoms with E-state index >= 15 is 0 Å². The van der Waals surface area contributed by atoms with Crippen molar-refractivity contribution in [3.05, 3.63) is 29.1 Å². The van der Waals surface area contributed by atoms with Crippen molar-refractivity contribution >= 4 is 19.8 Å². The van der Waals surface area contributed by atoms with Crippen LogP contribution in [0.25, 0.3) is 0 Å². The highest BCUT2D eigenvalue weighted by atomic mass is 28.3. The molecule has 0 unspecified atom stereocenters. The van der Waals surface area contributed by atoms with Gasteiger partial charge in [-0.25, -0.2) is 22.0 Å². The molecule has 0 atom stereocenters. The summed E-state index contributed by atoms with van der Waals surface area (Å²) in [6.45, 7) is 5.78. The Kier molecular flexibility index (Phi) is 4.42. The normalized spacial score (nSPS) is 11.4. The Morgan fingerprint density at radius 2 is 1.25 bits per heavy atom. The van der Waals surface area contributed by atoms with Crippen LogP contribution in [-0.2, 0) is 4.79 Å². The van der Waals surface area contributed by atoms with Crippen molar-refractivity contribution in [2.24, 2.45) is 0 Å². The minimum Gasteiger partial charge on any atom is -0.309 e. The maximum atomic E-state index is 13.7. The molecular weight excluding hydrogens is 299 g/mol. The summed E-state index contributed by atoms with van der Waals surface area (Å²) in [5.74, 6) is -11.0. The molecule has 1 N–H and O–H groups in total. The van der Waals surface area contributed by atoms with E-state index in [4.69, 9.17) is 0 Å². The standard InChI is InChI=1S/C11H13F5N2OSi/c1-5(19)17-18(20(2,3)4)11-9(15)7(13)6(12)8(14)10(11)16/h1-4H3,(H,17,19). The third-order valence-electron chi connectivity index (χ3n) is 2.35. The molecule has 112 valence electrons. The Morgan fingerprint density at radius 3 is 1.55 bits per heavy atom. The third-order valence-corrected chi connectivity index (χ3v) is 4.03. The van der Waals surface area contributed by atoms with Gasteiger partial charge in [-0.15, -0.1) is 0 Å². The number of hydrogen-bond acceptors (Lipinski definition) is 2. The van der Waals surface area contributed by atoms with Gasteiger partial charge in [0, 0.05) is 6.92 Å². The number of hydrazine groups is 1. The third kappa shape index (κ3) is 2.92. The lowest BCUT2D eigenvalue weighted by Gasteiger charge is -2.36. The molecule has 1 aromatic carbocycles. The van der Waals surface area contributed by atoms with Crippen molar-refractivity contribution in [2.75, 3.05) is 4.67 Å². The van der Waals surface area contributed by atoms with Crippen LogP contribution >= 0.6 is 0 Å². The van der Waals surface area contributed by atoms with E-state index in [0.717, 1.165) is 11.6 Å². The summed E-state index contributed by atoms with van der Waals surface area (Å²) in [4.78, 5) is 11.1. The average Bonchev–Trinajstić information content (AvgIpc) is 2.31. The zero-order valence-corrected chi connectivity index (χ0v) is 12.2. The van der Waals surface area contributed by atoms with E-state index in [0.29, 0.717) is 0 Å². The Balaban J connectivity index is 3.61. The largest absolute Gasteiger partial charge is 0.309 e. The molecule has 0 aliphatic rings. The number of halogens is 5. The number of anilines is 1. The molecule has 1 rings (SSSR count). The maximum Gasteiger partial charge on any atom is 0.234 e. The summed E-state index contributed by atoms with van der Waals surface area (Å²) in [6, 6.07) is 0. The predicted molar refractivity (Wildman–Crippen MR) is 65.9 cm³/mol. The zero-order chi connectivity index (χ0) is 15.8. The summed E-state index contributed by atoms with van der Waals surface area (Å²) >= 11 is 0. The van der Waals surface area contributed by atoms with E-state index in [-0.39, 0.29) is 0 Å². The number of carbonyl (C=O) groups excluding carboxylic acids is 1. The van der Waals surface area contributed by atoms with Crippen LogP contribution in [0.3, 0.4) is 0 Å². The fourth-order valence-electron chi connectivity index (χ4n) is 1.51. The van der Waals surface area contributed by atoms with Crippen LogP contribution in [0.2, 0.25) is 19.6 Å². The Hall–Kier alpha value is -1.64. The fraction of sp³-hybridized carbons (Fsp3) is 0.364. The van der Waals surface area contributed by atoms with Crippen LogP contribution in [-0.4, -0.2) is 14.1 Å². The van der Waals surface area contributed by atoms with E-state index in [1.165, 1.54) is 0 Å². The van der Waals surface area contributed by atoms with Gasteiger partial charge >= 0.3 is 0 Å². The molecule has 0 heterocycles. The lowest BCUT2D eigenvalue weighted by atomic mass is 10.2. The first-order chi connectivity index (χ1) is 8.98. The second-order valence-corrected chi connectivity index (χ2v) is 9.88. The summed E-state index contributed by atoms with van der Waals surface area (Å²) in [6.07, 6.45) is 0. The van der Waals surface area contributed by atoms with Gasteiger partial charge in [-0.2, -0.15) is 0 Å². The van der Waals surface area contributed by atoms with Gasteiger partial charge in [0.1, 0.15) is 5.69 Å². The van der Waals surface area contributed by atoms with E-state index in [2.05, 4.69) is 5.43 Å². The highest BCUT2D eigenvalue weighted by Crippen LogP contribution is 2.31. The van der Waals surface area contributed by atoms with Crippen molar-refractivity contribution < 1.29 is 26.7 Å². The van der Waals surface area contributed by atoms with Gasteiger partial charge in [-0.3, -0.25) is 10.2 Å². The number of carbonyl (C=O) groups is 1. The second-order valence-electron chi connectivity index (χ2n) is 5.09. The van der Waals surface area contributed by atoms with Crippen LogP contribution in [0.15, 0.2) is 0 Å². The molecule has 0 aliphatic heterocycles. The maximum absolute atomic E-state index is 13.7. The van der Waals surface area contributed by atoms with Gasteiger partial charge in [0.25, 0.3) is 0 Å². The first-order valence-corrected chi connectivity index (χ1v) is 9.02. The highest BCUT2D eigenvalue weighted by molar-refractivity contribution is 6.79. The van der Waals surface area contributed by atoms with Crippen molar-refractivity contribution in [3.8, 4) is 0 Å². The Morgan fingerprint density at radius 1 is 0.900 bits per heavy atom. The molecule has 1 amide bonds. The SMILES string of the molecule is CC(=O)NN(c1c(F)c(F)c(F)c(F)c1F)[Si](C)(C)C. The number of nitrogens with zero attached hydrogens (tertiary/aromatic N) is 1. The van der Waals surface area contributed by atoms with Crippen LogP contribution < -0.4 is 10.1 Å². The van der Waals surface area contributed by atoms with Crippen LogP contribution in [0.5, 0.6) is 0 Å². The van der Waals surface area contributed by atoms with Crippen molar-refractivity contribution in [1.82, 2.24) is 5.43 Å². The molecule has 0 aliphatic carbocycles. The molecule has 0 saturated carbocycles. The molecule has 0 fully saturated rings. The molecule has 0 saturated heterocycles. The molecule has 0 radical (unpaired) electrons. The van der Waals surface area contributed by atoms with E-state index in [9.17, 15) is 26.7 Å². The quantitative estimate of drug-likeness (QED) is 0.306. The molecule has 0 aromatic heterocycles. The minimum atomic E-state index is -2.65. The van der Waals surface area contributed by atoms with E-state index in [1.807, 2.05) is 0 Å². The van der Waals surface area contributed by atoms with E-state index < -0.39 is 48.9 Å². The number of rotatable bonds is 3. The van der Waals surface area contributed by atoms with E-state index in [1.54, 1.807) is 19.6 Å². The van der Waals surface area contributed by atoms with Gasteiger partial charge in [0.2, 0.25) is 11.7 Å². The Labute approximate surface area is 113 Å². The first kappa shape index (κ1) is 16.4. The molecular formula is C11H13F5N2OSi. The number of nitrogens with one attached hydrogen (secondary N) is 1. The number of amides is 1. The zero-order valence-electron chi connectivity index (χ0n) is 11.2. The molecule has 9 heteroatoms. The molecule has 0 spiro atoms. The smallest absolute Gasteiger partial charge is 0.234 e. The van der Waals surface area contributed by atoms with Crippen LogP contribution in [0, 0.1) is 29.1 Å². The highest BCUT2D eigenvalue weighted by Gasteiger charge is 2.35. The van der Waals surface area contributed by atoms with Gasteiger partial charge in [0.15, 0.2) is 31.5 Å². The topological polar surface area (TPSA) is 32.3 Å². The lowest BCUT2D eigenvalue weighted by Crippen LogP contribution is -2.57. The fourth-order valence-corrected chi connectivity index (χ4v) is 2.87. The van der Waals surface area contributed by atoms with Gasteiger partial charge in [-0.05, 0) is 19.6 Å². The van der Waals surface area contributed by atoms with Gasteiger partial charge in [0.05, 0.1) is 0 Å². The summed E-state index contributed by atoms with van der Waals surface area (Å²) in [5, 5.41) is 0. The second kappa shape index (κ2) is 5.39. The van der Waals surface area contributed by atoms with Crippen molar-refractivity contribution in [2.45, 2.75) is 26.6 Å². The Bertz CT molecular complexity index is 530. The molecule has 1 aromatic rings. The van der Waals surface area contributed by atoms with Crippen LogP contribution in [0.1, 0.15) is 6.92 Å². The van der Waals surface area contributed by atoms with Gasteiger partial charge in [-0.1, -0.05) is 0 Å². The summed E-state index contributed by atoms with van der Waals surface area (Å²) in [7, 11) is -2.65. The summed E-state index contributed by atoms with van der Waals surface area (Å²) < 4.78 is 67.6. The summed E-state index contributed by atoms with van der Waals surface area (Å²) in [5.41, 5.74) is 0.969. The van der Waals surface area contributed by atoms with Crippen molar-refractivity contribution in [3.63, 3.8) is 0 Å². The first-order valence-electron chi connectivity index (χ1n) is 5.57. The number of benzene rings is 1. The average molecular weight is 312 g/mol. The van der Waals surface area contributed by atoms with Crippen LogP contribution in [0.4, 0.5) is 27.6 Å². The van der Waals surface area contributed by atoms with Crippen molar-refractivity contribution in [1.29, 1.82) is 0 Å². The lowest BCUT2D eigenvalue weighted by molar-refractivity contribution is -0.118.